The van der Waals surface area contributed by atoms with Gasteiger partial charge in [-0.15, -0.1) is 0 Å². The molecule has 0 N–H and O–H groups in total. The van der Waals surface area contributed by atoms with E-state index in [4.69, 9.17) is 23.7 Å². The van der Waals surface area contributed by atoms with Crippen LogP contribution in [-0.2, 0) is 26.5 Å². The highest BCUT2D eigenvalue weighted by atomic mass is 127. The van der Waals surface area contributed by atoms with Crippen LogP contribution in [0.2, 0.25) is 0 Å². The van der Waals surface area contributed by atoms with Crippen molar-refractivity contribution in [1.29, 1.82) is 0 Å². The third kappa shape index (κ3) is 13.8. The summed E-state index contributed by atoms with van der Waals surface area (Å²) < 4.78 is 29.8. The first-order valence-corrected chi connectivity index (χ1v) is 24.5. The molecule has 1 fully saturated rings. The van der Waals surface area contributed by atoms with Crippen LogP contribution < -0.4 is 40.2 Å². The Morgan fingerprint density at radius 3 is 1.34 bits per heavy atom. The Kier molecular flexibility index (Phi) is 18.1. The van der Waals surface area contributed by atoms with Crippen molar-refractivity contribution < 1.29 is 49.7 Å². The van der Waals surface area contributed by atoms with Gasteiger partial charge in [0.25, 0.3) is 0 Å². The van der Waals surface area contributed by atoms with Crippen molar-refractivity contribution in [2.75, 3.05) is 53.2 Å². The SMILES string of the molecule is COc1ccc(C(=O)C([S+]2CCOCC2)C(C)(C)C)cc1.COc1cccc([S+](c2cccc(OC)c2)c2cccc(OC)c2)c1.c1ccc([I+]c2ccccc2)cc1. The molecule has 1 aliphatic heterocycles. The van der Waals surface area contributed by atoms with E-state index in [1.54, 1.807) is 28.4 Å². The second-order valence-electron chi connectivity index (χ2n) is 14.4. The molecule has 1 saturated heterocycles. The lowest BCUT2D eigenvalue weighted by molar-refractivity contribution is -0.597. The van der Waals surface area contributed by atoms with Gasteiger partial charge < -0.3 is 23.7 Å². The summed E-state index contributed by atoms with van der Waals surface area (Å²) in [6.07, 6.45) is 0. The zero-order valence-electron chi connectivity index (χ0n) is 35.1. The maximum atomic E-state index is 13.0. The van der Waals surface area contributed by atoms with Crippen LogP contribution in [0.15, 0.2) is 172 Å². The monoisotopic (exact) mass is 943 g/mol. The van der Waals surface area contributed by atoms with Gasteiger partial charge in [-0.3, -0.25) is 4.79 Å². The molecule has 6 nitrogen and oxygen atoms in total. The summed E-state index contributed by atoms with van der Waals surface area (Å²) in [6, 6.07) is 53.5. The van der Waals surface area contributed by atoms with E-state index in [1.165, 1.54) is 21.8 Å². The van der Waals surface area contributed by atoms with Gasteiger partial charge in [0, 0.05) is 40.1 Å². The van der Waals surface area contributed by atoms with Crippen LogP contribution in [0.4, 0.5) is 0 Å². The van der Waals surface area contributed by atoms with Crippen LogP contribution in [0, 0.1) is 12.6 Å². The summed E-state index contributed by atoms with van der Waals surface area (Å²) in [4.78, 5) is 16.6. The number of hydrogen-bond acceptors (Lipinski definition) is 6. The first kappa shape index (κ1) is 45.7. The van der Waals surface area contributed by atoms with E-state index < -0.39 is 0 Å². The third-order valence-electron chi connectivity index (χ3n) is 9.23. The molecule has 1 atom stereocenters. The number of ketones is 1. The summed E-state index contributed by atoms with van der Waals surface area (Å²) in [5.41, 5.74) is 0.756. The first-order chi connectivity index (χ1) is 28.6. The average molecular weight is 944 g/mol. The second kappa shape index (κ2) is 23.4. The van der Waals surface area contributed by atoms with Gasteiger partial charge in [0.15, 0.2) is 27.1 Å². The Bertz CT molecular complexity index is 2000. The van der Waals surface area contributed by atoms with E-state index in [0.717, 1.165) is 53.3 Å². The van der Waals surface area contributed by atoms with Crippen LogP contribution >= 0.6 is 0 Å². The number of ether oxygens (including phenoxy) is 5. The summed E-state index contributed by atoms with van der Waals surface area (Å²) in [5.74, 6) is 5.60. The average Bonchev–Trinajstić information content (AvgIpc) is 3.28. The normalized spacial score (nSPS) is 13.2. The molecular formula is C50H56IO6S2+3. The standard InChI is InChI=1S/C21H21O3S.C17H25O3S.C12H10I/c1-22-16-7-4-10-19(13-16)25(20-11-5-8-17(14-20)23-2)21-12-6-9-18(15-21)24-3;1-17(2,3)16(21-11-9-20-10-12-21)15(18)13-5-7-14(19-4)8-6-13;1-3-7-11(8-4-1)13-12-9-5-2-6-10-12/h4-15H,1-3H3;5-8,16H,9-12H2,1-4H3;1-10H/q3*+1. The van der Waals surface area contributed by atoms with E-state index in [9.17, 15) is 4.79 Å². The largest absolute Gasteiger partial charge is 0.497 e. The summed E-state index contributed by atoms with van der Waals surface area (Å²) in [7, 11) is 6.52. The summed E-state index contributed by atoms with van der Waals surface area (Å²) >= 11 is 0.0287. The third-order valence-corrected chi connectivity index (χ3v) is 17.1. The Morgan fingerprint density at radius 2 is 0.966 bits per heavy atom. The number of halogens is 1. The highest BCUT2D eigenvalue weighted by Gasteiger charge is 2.46. The van der Waals surface area contributed by atoms with Crippen molar-refractivity contribution in [3.05, 3.63) is 170 Å². The molecule has 0 radical (unpaired) electrons. The molecule has 0 saturated carbocycles. The van der Waals surface area contributed by atoms with Crippen LogP contribution in [0.25, 0.3) is 0 Å². The van der Waals surface area contributed by atoms with Crippen molar-refractivity contribution in [2.45, 2.75) is 40.7 Å². The number of carbonyl (C=O) groups excluding carboxylic acids is 1. The van der Waals surface area contributed by atoms with Gasteiger partial charge in [0.2, 0.25) is 5.78 Å². The minimum absolute atomic E-state index is 0.0287. The molecule has 7 rings (SSSR count). The molecule has 1 aliphatic rings. The maximum absolute atomic E-state index is 13.0. The van der Waals surface area contributed by atoms with Crippen LogP contribution in [-0.4, -0.2) is 64.2 Å². The lowest BCUT2D eigenvalue weighted by Gasteiger charge is -2.31. The number of methoxy groups -OCH3 is 4. The van der Waals surface area contributed by atoms with Crippen LogP contribution in [0.1, 0.15) is 31.1 Å². The minimum atomic E-state index is -0.290. The van der Waals surface area contributed by atoms with Gasteiger partial charge in [-0.1, -0.05) is 75.4 Å². The van der Waals surface area contributed by atoms with Gasteiger partial charge in [0.1, 0.15) is 34.5 Å². The molecule has 9 heteroatoms. The van der Waals surface area contributed by atoms with Crippen LogP contribution in [0.5, 0.6) is 23.0 Å². The highest BCUT2D eigenvalue weighted by Crippen LogP contribution is 2.36. The van der Waals surface area contributed by atoms with Crippen molar-refractivity contribution >= 4 is 27.6 Å². The fraction of sp³-hybridized carbons (Fsp3) is 0.260. The van der Waals surface area contributed by atoms with Gasteiger partial charge in [-0.25, -0.2) is 0 Å². The lowest BCUT2D eigenvalue weighted by atomic mass is 9.87. The molecule has 308 valence electrons. The van der Waals surface area contributed by atoms with Crippen molar-refractivity contribution in [3.63, 3.8) is 0 Å². The Labute approximate surface area is 367 Å². The minimum Gasteiger partial charge on any atom is -0.497 e. The molecule has 1 unspecified atom stereocenters. The first-order valence-electron chi connectivity index (χ1n) is 19.5. The fourth-order valence-electron chi connectivity index (χ4n) is 6.40. The topological polar surface area (TPSA) is 63.2 Å². The fourth-order valence-corrected chi connectivity index (χ4v) is 13.6. The Hall–Kier alpha value is -4.42. The number of Topliss-reactive ketones (excluding diaryl/α,β-unsaturated/α-hetero) is 1. The second-order valence-corrected chi connectivity index (χ2v) is 21.8. The molecule has 6 aromatic rings. The number of hydrogen-bond donors (Lipinski definition) is 0. The molecule has 59 heavy (non-hydrogen) atoms. The van der Waals surface area contributed by atoms with E-state index >= 15 is 0 Å². The molecular weight excluding hydrogens is 888 g/mol. The molecule has 6 aromatic carbocycles. The van der Waals surface area contributed by atoms with Gasteiger partial charge in [-0.05, 0) is 84.9 Å². The predicted octanol–water partition coefficient (Wildman–Crippen LogP) is 7.56. The predicted molar refractivity (Wildman–Crippen MR) is 240 cm³/mol. The zero-order chi connectivity index (χ0) is 42.0. The van der Waals surface area contributed by atoms with E-state index in [0.29, 0.717) is 0 Å². The Morgan fingerprint density at radius 1 is 0.559 bits per heavy atom. The molecule has 0 aromatic heterocycles. The lowest BCUT2D eigenvalue weighted by Crippen LogP contribution is -3.61. The smallest absolute Gasteiger partial charge is 0.357 e. The van der Waals surface area contributed by atoms with Gasteiger partial charge in [0.05, 0.1) is 52.5 Å². The summed E-state index contributed by atoms with van der Waals surface area (Å²) in [6.45, 7) is 8.07. The maximum Gasteiger partial charge on any atom is 0.357 e. The number of carbonyl (C=O) groups is 1. The molecule has 0 spiro atoms. The quantitative estimate of drug-likeness (QED) is 0.0718. The Balaban J connectivity index is 0.000000176. The highest BCUT2D eigenvalue weighted by molar-refractivity contribution is 7.98. The van der Waals surface area contributed by atoms with E-state index in [1.807, 2.05) is 60.7 Å². The van der Waals surface area contributed by atoms with E-state index in [-0.39, 0.29) is 59.4 Å². The molecule has 0 bridgehead atoms. The molecule has 0 amide bonds. The number of rotatable bonds is 12. The van der Waals surface area contributed by atoms with Crippen molar-refractivity contribution in [3.8, 4) is 23.0 Å². The van der Waals surface area contributed by atoms with Gasteiger partial charge in [-0.2, -0.15) is 0 Å². The van der Waals surface area contributed by atoms with Crippen molar-refractivity contribution in [1.82, 2.24) is 0 Å². The van der Waals surface area contributed by atoms with Crippen LogP contribution in [0.3, 0.4) is 0 Å². The number of benzene rings is 6. The van der Waals surface area contributed by atoms with Crippen molar-refractivity contribution in [2.24, 2.45) is 5.41 Å². The molecule has 1 heterocycles. The van der Waals surface area contributed by atoms with E-state index in [2.05, 4.69) is 118 Å². The summed E-state index contributed by atoms with van der Waals surface area (Å²) in [5, 5.41) is 0.0646. The van der Waals surface area contributed by atoms with Gasteiger partial charge >= 0.3 is 21.2 Å². The molecule has 0 aliphatic carbocycles. The zero-order valence-corrected chi connectivity index (χ0v) is 38.9.